The third kappa shape index (κ3) is 2.94. The van der Waals surface area contributed by atoms with E-state index in [1.165, 1.54) is 12.0 Å². The minimum atomic E-state index is -0.00316. The number of hydrogen-bond donors (Lipinski definition) is 0. The molecule has 0 radical (unpaired) electrons. The van der Waals surface area contributed by atoms with E-state index in [2.05, 4.69) is 41.5 Å². The van der Waals surface area contributed by atoms with Gasteiger partial charge in [0.1, 0.15) is 5.78 Å². The van der Waals surface area contributed by atoms with Crippen LogP contribution in [0.4, 0.5) is 0 Å². The number of rotatable bonds is 4. The number of allylic oxidation sites excluding steroid dienone is 2. The first-order chi connectivity index (χ1) is 10.5. The lowest BCUT2D eigenvalue weighted by Gasteiger charge is -2.56. The third-order valence-electron chi connectivity index (χ3n) is 7.73. The Morgan fingerprint density at radius 1 is 1.35 bits per heavy atom. The molecule has 1 fully saturated rings. The smallest absolute Gasteiger partial charge is 0.159 e. The second-order valence-corrected chi connectivity index (χ2v) is 8.97. The Hall–Kier alpha value is -0.920. The Labute approximate surface area is 142 Å². The summed E-state index contributed by atoms with van der Waals surface area (Å²) in [6.07, 6.45) is 5.68. The highest BCUT2D eigenvalue weighted by atomic mass is 16.1. The first kappa shape index (κ1) is 18.4. The van der Waals surface area contributed by atoms with Gasteiger partial charge in [0.15, 0.2) is 5.78 Å². The Balaban J connectivity index is 2.39. The summed E-state index contributed by atoms with van der Waals surface area (Å²) in [5, 5.41) is 0. The molecule has 5 atom stereocenters. The van der Waals surface area contributed by atoms with Crippen molar-refractivity contribution in [1.29, 1.82) is 0 Å². The Morgan fingerprint density at radius 2 is 1.96 bits per heavy atom. The van der Waals surface area contributed by atoms with Crippen LogP contribution < -0.4 is 0 Å². The van der Waals surface area contributed by atoms with Gasteiger partial charge in [-0.3, -0.25) is 4.79 Å². The van der Waals surface area contributed by atoms with Crippen molar-refractivity contribution in [3.05, 3.63) is 11.6 Å². The molecule has 130 valence electrons. The molecule has 0 saturated heterocycles. The summed E-state index contributed by atoms with van der Waals surface area (Å²) in [6, 6.07) is 0. The molecule has 2 rings (SSSR count). The molecule has 0 amide bonds. The highest BCUT2D eigenvalue weighted by molar-refractivity contribution is 5.94. The van der Waals surface area contributed by atoms with Crippen LogP contribution in [0.25, 0.3) is 0 Å². The van der Waals surface area contributed by atoms with Gasteiger partial charge in [0.25, 0.3) is 0 Å². The van der Waals surface area contributed by atoms with Crippen molar-refractivity contribution in [3.8, 4) is 0 Å². The van der Waals surface area contributed by atoms with Crippen molar-refractivity contribution in [2.24, 2.45) is 34.5 Å². The number of Topliss-reactive ketones (excluding diaryl/α,β-unsaturated/α-hetero) is 1. The first-order valence-corrected chi connectivity index (χ1v) is 9.26. The third-order valence-corrected chi connectivity index (χ3v) is 7.73. The van der Waals surface area contributed by atoms with Gasteiger partial charge in [-0.05, 0) is 67.8 Å². The Bertz CT molecular complexity index is 530. The summed E-state index contributed by atoms with van der Waals surface area (Å²) >= 11 is 0. The van der Waals surface area contributed by atoms with Crippen molar-refractivity contribution < 1.29 is 9.59 Å². The first-order valence-electron chi connectivity index (χ1n) is 9.26. The van der Waals surface area contributed by atoms with Crippen molar-refractivity contribution in [1.82, 2.24) is 0 Å². The molecular weight excluding hydrogens is 284 g/mol. The summed E-state index contributed by atoms with van der Waals surface area (Å²) in [5.74, 6) is 2.07. The number of carbonyl (C=O) groups is 2. The molecule has 23 heavy (non-hydrogen) atoms. The zero-order chi connectivity index (χ0) is 17.6. The predicted octanol–water partition coefficient (Wildman–Crippen LogP) is 5.22. The highest BCUT2D eigenvalue weighted by Gasteiger charge is 2.55. The molecule has 2 aliphatic rings. The normalized spacial score (nSPS) is 40.8. The van der Waals surface area contributed by atoms with Crippen molar-refractivity contribution in [2.45, 2.75) is 74.1 Å². The van der Waals surface area contributed by atoms with E-state index in [0.29, 0.717) is 30.0 Å². The zero-order valence-electron chi connectivity index (χ0n) is 16.0. The number of ketones is 2. The molecule has 2 heteroatoms. The maximum absolute atomic E-state index is 12.8. The largest absolute Gasteiger partial charge is 0.300 e. The lowest BCUT2D eigenvalue weighted by Crippen LogP contribution is -2.52. The molecule has 0 spiro atoms. The summed E-state index contributed by atoms with van der Waals surface area (Å²) in [7, 11) is 0. The Kier molecular flexibility index (Phi) is 4.95. The molecular formula is C21H34O2. The second-order valence-electron chi connectivity index (χ2n) is 8.97. The van der Waals surface area contributed by atoms with E-state index < -0.39 is 0 Å². The molecule has 0 N–H and O–H groups in total. The topological polar surface area (TPSA) is 34.1 Å². The van der Waals surface area contributed by atoms with Crippen LogP contribution in [0, 0.1) is 34.5 Å². The van der Waals surface area contributed by atoms with E-state index in [9.17, 15) is 9.59 Å². The summed E-state index contributed by atoms with van der Waals surface area (Å²) in [5.41, 5.74) is 1.42. The van der Waals surface area contributed by atoms with Gasteiger partial charge < -0.3 is 4.79 Å². The van der Waals surface area contributed by atoms with E-state index in [0.717, 1.165) is 12.8 Å². The van der Waals surface area contributed by atoms with Crippen LogP contribution in [0.15, 0.2) is 11.6 Å². The average molecular weight is 319 g/mol. The quantitative estimate of drug-likeness (QED) is 0.712. The monoisotopic (exact) mass is 318 g/mol. The fraction of sp³-hybridized carbons (Fsp3) is 0.810. The molecule has 0 aromatic rings. The van der Waals surface area contributed by atoms with Crippen LogP contribution in [0.1, 0.15) is 74.1 Å². The van der Waals surface area contributed by atoms with Gasteiger partial charge in [0.05, 0.1) is 0 Å². The molecule has 1 saturated carbocycles. The molecule has 0 heterocycles. The van der Waals surface area contributed by atoms with Crippen molar-refractivity contribution >= 4 is 11.6 Å². The van der Waals surface area contributed by atoms with E-state index in [1.54, 1.807) is 6.92 Å². The standard InChI is InChI=1S/C21H34O2/c1-13(2)20(6)11-9-17-19(16(20)5)18(23)12-14(3)21(17,7)10-8-15(4)22/h12-13,16-17,19H,8-11H2,1-7H3. The fourth-order valence-corrected chi connectivity index (χ4v) is 5.19. The molecule has 2 aliphatic carbocycles. The van der Waals surface area contributed by atoms with Crippen molar-refractivity contribution in [2.75, 3.05) is 0 Å². The molecule has 5 unspecified atom stereocenters. The second kappa shape index (κ2) is 6.18. The van der Waals surface area contributed by atoms with Crippen molar-refractivity contribution in [3.63, 3.8) is 0 Å². The maximum atomic E-state index is 12.8. The molecule has 0 aromatic heterocycles. The molecule has 0 bridgehead atoms. The minimum Gasteiger partial charge on any atom is -0.300 e. The van der Waals surface area contributed by atoms with Crippen LogP contribution in [0.5, 0.6) is 0 Å². The Morgan fingerprint density at radius 3 is 2.48 bits per heavy atom. The zero-order valence-corrected chi connectivity index (χ0v) is 16.0. The predicted molar refractivity (Wildman–Crippen MR) is 95.1 cm³/mol. The summed E-state index contributed by atoms with van der Waals surface area (Å²) in [4.78, 5) is 24.4. The van der Waals surface area contributed by atoms with Gasteiger partial charge in [0.2, 0.25) is 0 Å². The SMILES string of the molecule is CC(=O)CCC1(C)C(C)=CC(=O)C2C1CCC(C)(C(C)C)C2C. The maximum Gasteiger partial charge on any atom is 0.159 e. The van der Waals surface area contributed by atoms with E-state index in [1.807, 2.05) is 6.08 Å². The van der Waals surface area contributed by atoms with E-state index in [-0.39, 0.29) is 22.5 Å². The lowest BCUT2D eigenvalue weighted by atomic mass is 9.47. The van der Waals surface area contributed by atoms with E-state index in [4.69, 9.17) is 0 Å². The van der Waals surface area contributed by atoms with Gasteiger partial charge in [-0.1, -0.05) is 40.2 Å². The van der Waals surface area contributed by atoms with Gasteiger partial charge in [-0.15, -0.1) is 0 Å². The van der Waals surface area contributed by atoms with Crippen LogP contribution in [-0.4, -0.2) is 11.6 Å². The molecule has 0 aromatic carbocycles. The van der Waals surface area contributed by atoms with Gasteiger partial charge >= 0.3 is 0 Å². The lowest BCUT2D eigenvalue weighted by molar-refractivity contribution is -0.134. The van der Waals surface area contributed by atoms with E-state index >= 15 is 0 Å². The summed E-state index contributed by atoms with van der Waals surface area (Å²) < 4.78 is 0. The number of carbonyl (C=O) groups excluding carboxylic acids is 2. The van der Waals surface area contributed by atoms with Crippen LogP contribution in [-0.2, 0) is 9.59 Å². The number of fused-ring (bicyclic) bond motifs is 1. The van der Waals surface area contributed by atoms with Gasteiger partial charge in [0, 0.05) is 12.3 Å². The minimum absolute atomic E-state index is 0.00316. The van der Waals surface area contributed by atoms with Crippen LogP contribution >= 0.6 is 0 Å². The molecule has 2 nitrogen and oxygen atoms in total. The van der Waals surface area contributed by atoms with Crippen LogP contribution in [0.2, 0.25) is 0 Å². The fourth-order valence-electron chi connectivity index (χ4n) is 5.19. The summed E-state index contributed by atoms with van der Waals surface area (Å²) in [6.45, 7) is 15.3. The average Bonchev–Trinajstić information content (AvgIpc) is 2.45. The number of hydrogen-bond acceptors (Lipinski definition) is 2. The van der Waals surface area contributed by atoms with Gasteiger partial charge in [-0.2, -0.15) is 0 Å². The highest BCUT2D eigenvalue weighted by Crippen LogP contribution is 2.59. The van der Waals surface area contributed by atoms with Gasteiger partial charge in [-0.25, -0.2) is 0 Å². The van der Waals surface area contributed by atoms with Crippen LogP contribution in [0.3, 0.4) is 0 Å². The molecule has 0 aliphatic heterocycles.